The maximum Gasteiger partial charge on any atom is 0.251 e. The number of rotatable bonds is 13. The molecular weight excluding hydrogens is 592 g/mol. The van der Waals surface area contributed by atoms with Crippen LogP contribution in [0.3, 0.4) is 0 Å². The summed E-state index contributed by atoms with van der Waals surface area (Å²) in [5, 5.41) is 25.4. The predicted molar refractivity (Wildman–Crippen MR) is 174 cm³/mol. The molecule has 0 aliphatic carbocycles. The fourth-order valence-corrected chi connectivity index (χ4v) is 5.23. The summed E-state index contributed by atoms with van der Waals surface area (Å²) in [6, 6.07) is 22.0. The van der Waals surface area contributed by atoms with Gasteiger partial charge in [-0.3, -0.25) is 13.9 Å². The number of nitrogens with one attached hydrogen (secondary N) is 2. The molecule has 11 nitrogen and oxygen atoms in total. The molecule has 1 aromatic heterocycles. The molecule has 0 unspecified atom stereocenters. The van der Waals surface area contributed by atoms with Gasteiger partial charge in [-0.15, -0.1) is 5.10 Å². The van der Waals surface area contributed by atoms with Gasteiger partial charge < -0.3 is 15.7 Å². The van der Waals surface area contributed by atoms with E-state index < -0.39 is 34.0 Å². The van der Waals surface area contributed by atoms with Crippen LogP contribution in [0, 0.1) is 0 Å². The lowest BCUT2D eigenvalue weighted by molar-refractivity contribution is 0.0779. The lowest BCUT2D eigenvalue weighted by Gasteiger charge is -2.25. The Labute approximate surface area is 264 Å². The lowest BCUT2D eigenvalue weighted by atomic mass is 10.00. The molecular formula is C33H40N6O5S. The first-order valence-electron chi connectivity index (χ1n) is 14.7. The van der Waals surface area contributed by atoms with Crippen molar-refractivity contribution in [3.05, 3.63) is 113 Å². The minimum absolute atomic E-state index is 0.0635. The van der Waals surface area contributed by atoms with Crippen molar-refractivity contribution in [2.24, 2.45) is 0 Å². The number of aromatic nitrogens is 3. The van der Waals surface area contributed by atoms with Crippen LogP contribution < -0.4 is 14.9 Å². The molecule has 4 aromatic rings. The van der Waals surface area contributed by atoms with Gasteiger partial charge in [-0.05, 0) is 48.6 Å². The zero-order valence-corrected chi connectivity index (χ0v) is 26.9. The fourth-order valence-electron chi connectivity index (χ4n) is 4.74. The Hall–Kier alpha value is -4.55. The minimum atomic E-state index is -3.71. The second kappa shape index (κ2) is 14.5. The number of carbonyl (C=O) groups is 2. The number of sulfonamides is 1. The van der Waals surface area contributed by atoms with Gasteiger partial charge in [0.1, 0.15) is 0 Å². The van der Waals surface area contributed by atoms with E-state index in [-0.39, 0.29) is 35.3 Å². The number of hydrogen-bond acceptors (Lipinski definition) is 7. The van der Waals surface area contributed by atoms with Crippen LogP contribution in [-0.4, -0.2) is 65.8 Å². The van der Waals surface area contributed by atoms with E-state index in [9.17, 15) is 23.1 Å². The van der Waals surface area contributed by atoms with E-state index in [1.807, 2.05) is 81.4 Å². The van der Waals surface area contributed by atoms with Crippen LogP contribution in [-0.2, 0) is 23.0 Å². The number of amides is 2. The number of benzene rings is 3. The topological polar surface area (TPSA) is 147 Å². The Kier molecular flexibility index (Phi) is 10.7. The molecule has 2 amide bonds. The molecule has 0 fully saturated rings. The van der Waals surface area contributed by atoms with Gasteiger partial charge in [-0.1, -0.05) is 79.7 Å². The van der Waals surface area contributed by atoms with Gasteiger partial charge in [0, 0.05) is 24.4 Å². The SMILES string of the molecule is CC(C)c1cn(C[C@H](O)[C@H](Cc2ccccc2)NC(=O)c2cc(C(=O)N[C@H](C)c3ccccc3)cc(N(C)S(C)(=O)=O)c2)nn1. The van der Waals surface area contributed by atoms with Crippen molar-refractivity contribution in [1.29, 1.82) is 0 Å². The van der Waals surface area contributed by atoms with E-state index in [1.165, 1.54) is 25.2 Å². The summed E-state index contributed by atoms with van der Waals surface area (Å²) < 4.78 is 27.4. The second-order valence-corrected chi connectivity index (χ2v) is 13.5. The van der Waals surface area contributed by atoms with Crippen molar-refractivity contribution >= 4 is 27.5 Å². The van der Waals surface area contributed by atoms with Crippen molar-refractivity contribution in [3.8, 4) is 0 Å². The number of carbonyl (C=O) groups excluding carboxylic acids is 2. The monoisotopic (exact) mass is 632 g/mol. The van der Waals surface area contributed by atoms with E-state index in [4.69, 9.17) is 0 Å². The van der Waals surface area contributed by atoms with Crippen molar-refractivity contribution in [2.75, 3.05) is 17.6 Å². The molecule has 3 atom stereocenters. The van der Waals surface area contributed by atoms with Crippen LogP contribution in [0.1, 0.15) is 70.3 Å². The molecule has 0 spiro atoms. The highest BCUT2D eigenvalue weighted by molar-refractivity contribution is 7.92. The molecule has 3 aromatic carbocycles. The van der Waals surface area contributed by atoms with E-state index in [2.05, 4.69) is 20.9 Å². The van der Waals surface area contributed by atoms with Gasteiger partial charge in [0.15, 0.2) is 0 Å². The van der Waals surface area contributed by atoms with Crippen LogP contribution in [0.15, 0.2) is 85.1 Å². The first kappa shape index (κ1) is 33.3. The highest BCUT2D eigenvalue weighted by atomic mass is 32.2. The summed E-state index contributed by atoms with van der Waals surface area (Å²) in [7, 11) is -2.36. The third kappa shape index (κ3) is 8.99. The number of nitrogens with zero attached hydrogens (tertiary/aromatic N) is 4. The smallest absolute Gasteiger partial charge is 0.251 e. The zero-order chi connectivity index (χ0) is 32.7. The molecule has 4 rings (SSSR count). The van der Waals surface area contributed by atoms with E-state index in [0.29, 0.717) is 6.42 Å². The Morgan fingerprint density at radius 2 is 1.49 bits per heavy atom. The predicted octanol–water partition coefficient (Wildman–Crippen LogP) is 3.69. The molecule has 0 saturated heterocycles. The maximum atomic E-state index is 13.8. The van der Waals surface area contributed by atoms with Gasteiger partial charge in [0.25, 0.3) is 11.8 Å². The van der Waals surface area contributed by atoms with Crippen LogP contribution in [0.25, 0.3) is 0 Å². The van der Waals surface area contributed by atoms with Crippen LogP contribution >= 0.6 is 0 Å². The Bertz CT molecular complexity index is 1710. The third-order valence-corrected chi connectivity index (χ3v) is 8.76. The number of hydrogen-bond donors (Lipinski definition) is 3. The third-order valence-electron chi connectivity index (χ3n) is 7.55. The molecule has 1 heterocycles. The standard InChI is InChI=1S/C33H40N6O5S/c1-22(2)30-20-39(37-36-30)21-31(40)29(16-24-12-8-6-9-13-24)35-33(42)27-17-26(18-28(19-27)38(4)45(5,43)44)32(41)34-23(3)25-14-10-7-11-15-25/h6-15,17-20,22-23,29,31,40H,16,21H2,1-5H3,(H,34,41)(H,35,42)/t23-,29+,31+/m1/s1. The van der Waals surface area contributed by atoms with Crippen LogP contribution in [0.5, 0.6) is 0 Å². The quantitative estimate of drug-likeness (QED) is 0.204. The van der Waals surface area contributed by atoms with Crippen LogP contribution in [0.4, 0.5) is 5.69 Å². The Morgan fingerprint density at radius 3 is 2.04 bits per heavy atom. The summed E-state index contributed by atoms with van der Waals surface area (Å²) in [6.07, 6.45) is 2.07. The normalized spacial score (nSPS) is 13.6. The minimum Gasteiger partial charge on any atom is -0.389 e. The highest BCUT2D eigenvalue weighted by Crippen LogP contribution is 2.22. The van der Waals surface area contributed by atoms with Gasteiger partial charge >= 0.3 is 0 Å². The molecule has 0 aliphatic heterocycles. The first-order valence-corrected chi connectivity index (χ1v) is 16.5. The number of aliphatic hydroxyl groups excluding tert-OH is 1. The first-order chi connectivity index (χ1) is 21.3. The van der Waals surface area contributed by atoms with Crippen LogP contribution in [0.2, 0.25) is 0 Å². The van der Waals surface area contributed by atoms with E-state index in [1.54, 1.807) is 10.9 Å². The average Bonchev–Trinajstić information content (AvgIpc) is 3.49. The van der Waals surface area contributed by atoms with E-state index in [0.717, 1.165) is 27.4 Å². The van der Waals surface area contributed by atoms with Gasteiger partial charge in [0.05, 0.1) is 42.4 Å². The molecule has 3 N–H and O–H groups in total. The lowest BCUT2D eigenvalue weighted by Crippen LogP contribution is -2.46. The van der Waals surface area contributed by atoms with Crippen molar-refractivity contribution in [2.45, 2.75) is 57.8 Å². The molecule has 238 valence electrons. The average molecular weight is 633 g/mol. The van der Waals surface area contributed by atoms with Gasteiger partial charge in [0.2, 0.25) is 10.0 Å². The molecule has 45 heavy (non-hydrogen) atoms. The molecule has 0 radical (unpaired) electrons. The molecule has 0 bridgehead atoms. The highest BCUT2D eigenvalue weighted by Gasteiger charge is 2.26. The van der Waals surface area contributed by atoms with E-state index >= 15 is 0 Å². The molecule has 0 aliphatic rings. The summed E-state index contributed by atoms with van der Waals surface area (Å²) >= 11 is 0. The Balaban J connectivity index is 1.64. The number of anilines is 1. The summed E-state index contributed by atoms with van der Waals surface area (Å²) in [6.45, 7) is 5.91. The van der Waals surface area contributed by atoms with Crippen molar-refractivity contribution < 1.29 is 23.1 Å². The second-order valence-electron chi connectivity index (χ2n) is 11.5. The van der Waals surface area contributed by atoms with Gasteiger partial charge in [-0.25, -0.2) is 13.1 Å². The Morgan fingerprint density at radius 1 is 0.911 bits per heavy atom. The molecule has 0 saturated carbocycles. The van der Waals surface area contributed by atoms with Gasteiger partial charge in [-0.2, -0.15) is 0 Å². The molecule has 12 heteroatoms. The summed E-state index contributed by atoms with van der Waals surface area (Å²) in [5.74, 6) is -0.891. The van der Waals surface area contributed by atoms with Crippen molar-refractivity contribution in [1.82, 2.24) is 25.6 Å². The number of aliphatic hydroxyl groups is 1. The fraction of sp³-hybridized carbons (Fsp3) is 0.333. The summed E-state index contributed by atoms with van der Waals surface area (Å²) in [4.78, 5) is 27.2. The zero-order valence-electron chi connectivity index (χ0n) is 26.1. The maximum absolute atomic E-state index is 13.8. The van der Waals surface area contributed by atoms with Crippen molar-refractivity contribution in [3.63, 3.8) is 0 Å². The summed E-state index contributed by atoms with van der Waals surface area (Å²) in [5.41, 5.74) is 2.88. The largest absolute Gasteiger partial charge is 0.389 e.